The molecule has 0 aliphatic heterocycles. The van der Waals surface area contributed by atoms with Crippen molar-refractivity contribution in [1.82, 2.24) is 10.3 Å². The van der Waals surface area contributed by atoms with Gasteiger partial charge in [0.2, 0.25) is 5.91 Å². The molecular formula is C29H35N3O2S. The number of nitrogens with zero attached hydrogens (tertiary/aromatic N) is 1. The third-order valence-electron chi connectivity index (χ3n) is 6.79. The number of unbranched alkanes of at least 4 members (excludes halogenated alkanes) is 2. The normalized spacial score (nSPS) is 17.7. The number of amides is 2. The molecule has 0 atom stereocenters. The number of benzene rings is 2. The van der Waals surface area contributed by atoms with E-state index < -0.39 is 0 Å². The largest absolute Gasteiger partial charge is 0.356 e. The van der Waals surface area contributed by atoms with Crippen molar-refractivity contribution in [3.05, 3.63) is 70.2 Å². The van der Waals surface area contributed by atoms with E-state index in [-0.39, 0.29) is 17.7 Å². The van der Waals surface area contributed by atoms with Crippen LogP contribution in [0.15, 0.2) is 53.9 Å². The maximum atomic E-state index is 13.0. The van der Waals surface area contributed by atoms with Gasteiger partial charge in [0.1, 0.15) is 5.69 Å². The third-order valence-corrected chi connectivity index (χ3v) is 7.80. The monoisotopic (exact) mass is 489 g/mol. The van der Waals surface area contributed by atoms with Crippen molar-refractivity contribution in [2.75, 3.05) is 11.9 Å². The lowest BCUT2D eigenvalue weighted by molar-refractivity contribution is -0.126. The zero-order chi connectivity index (χ0) is 24.6. The second-order valence-corrected chi connectivity index (χ2v) is 10.4. The summed E-state index contributed by atoms with van der Waals surface area (Å²) < 4.78 is 0. The summed E-state index contributed by atoms with van der Waals surface area (Å²) in [5.41, 5.74) is 4.45. The zero-order valence-electron chi connectivity index (χ0n) is 20.7. The lowest BCUT2D eigenvalue weighted by atomic mass is 9.82. The molecule has 4 rings (SSSR count). The van der Waals surface area contributed by atoms with Gasteiger partial charge < -0.3 is 10.6 Å². The van der Waals surface area contributed by atoms with Gasteiger partial charge >= 0.3 is 0 Å². The molecule has 1 heterocycles. The number of carbonyl (C=O) groups excluding carboxylic acids is 2. The van der Waals surface area contributed by atoms with E-state index in [0.29, 0.717) is 11.6 Å². The highest BCUT2D eigenvalue weighted by atomic mass is 32.1. The molecule has 1 fully saturated rings. The lowest BCUT2D eigenvalue weighted by Gasteiger charge is -2.26. The topological polar surface area (TPSA) is 71.1 Å². The van der Waals surface area contributed by atoms with Crippen molar-refractivity contribution >= 4 is 28.8 Å². The van der Waals surface area contributed by atoms with Crippen LogP contribution in [-0.2, 0) is 4.79 Å². The van der Waals surface area contributed by atoms with Crippen molar-refractivity contribution in [3.63, 3.8) is 0 Å². The Balaban J connectivity index is 1.35. The molecule has 6 heteroatoms. The first-order valence-electron chi connectivity index (χ1n) is 12.8. The van der Waals surface area contributed by atoms with Gasteiger partial charge in [0.05, 0.1) is 5.01 Å². The Morgan fingerprint density at radius 1 is 1.03 bits per heavy atom. The molecule has 1 aliphatic carbocycles. The van der Waals surface area contributed by atoms with Gasteiger partial charge in [0.15, 0.2) is 0 Å². The Morgan fingerprint density at radius 3 is 2.54 bits per heavy atom. The van der Waals surface area contributed by atoms with Crippen molar-refractivity contribution in [2.24, 2.45) is 5.92 Å². The van der Waals surface area contributed by atoms with E-state index in [2.05, 4.69) is 30.5 Å². The molecule has 2 N–H and O–H groups in total. The van der Waals surface area contributed by atoms with Crippen LogP contribution in [0.3, 0.4) is 0 Å². The van der Waals surface area contributed by atoms with Gasteiger partial charge in [-0.25, -0.2) is 4.98 Å². The fraction of sp³-hybridized carbons (Fsp3) is 0.414. The van der Waals surface area contributed by atoms with E-state index in [1.165, 1.54) is 0 Å². The highest BCUT2D eigenvalue weighted by molar-refractivity contribution is 7.10. The minimum Gasteiger partial charge on any atom is -0.356 e. The van der Waals surface area contributed by atoms with Crippen LogP contribution in [0.4, 0.5) is 5.69 Å². The van der Waals surface area contributed by atoms with E-state index in [0.717, 1.165) is 78.9 Å². The van der Waals surface area contributed by atoms with E-state index in [4.69, 9.17) is 4.98 Å². The summed E-state index contributed by atoms with van der Waals surface area (Å²) in [6.07, 6.45) is 7.02. The summed E-state index contributed by atoms with van der Waals surface area (Å²) in [6, 6.07) is 16.1. The number of nitrogens with one attached hydrogen (secondary N) is 2. The zero-order valence-corrected chi connectivity index (χ0v) is 21.5. The first-order valence-corrected chi connectivity index (χ1v) is 13.6. The van der Waals surface area contributed by atoms with Gasteiger partial charge in [0, 0.05) is 35.0 Å². The molecule has 0 saturated heterocycles. The van der Waals surface area contributed by atoms with Crippen molar-refractivity contribution in [1.29, 1.82) is 0 Å². The number of rotatable bonds is 9. The molecule has 0 unspecified atom stereocenters. The Bertz CT molecular complexity index is 1130. The molecule has 35 heavy (non-hydrogen) atoms. The van der Waals surface area contributed by atoms with E-state index in [1.54, 1.807) is 11.3 Å². The van der Waals surface area contributed by atoms with E-state index in [1.807, 2.05) is 47.8 Å². The lowest BCUT2D eigenvalue weighted by Crippen LogP contribution is -2.33. The number of carbonyl (C=O) groups is 2. The van der Waals surface area contributed by atoms with Crippen LogP contribution in [0.5, 0.6) is 0 Å². The van der Waals surface area contributed by atoms with Gasteiger partial charge in [-0.2, -0.15) is 0 Å². The number of thiazole rings is 1. The minimum absolute atomic E-state index is 0.105. The molecule has 1 saturated carbocycles. The average molecular weight is 490 g/mol. The highest BCUT2D eigenvalue weighted by Crippen LogP contribution is 2.37. The molecule has 0 spiro atoms. The van der Waals surface area contributed by atoms with Gasteiger partial charge in [0.25, 0.3) is 5.91 Å². The van der Waals surface area contributed by atoms with Crippen LogP contribution in [0, 0.1) is 12.8 Å². The fourth-order valence-corrected chi connectivity index (χ4v) is 5.69. The molecular weight excluding hydrogens is 454 g/mol. The molecule has 1 aliphatic rings. The predicted octanol–water partition coefficient (Wildman–Crippen LogP) is 6.95. The molecule has 5 nitrogen and oxygen atoms in total. The number of hydrogen-bond donors (Lipinski definition) is 2. The van der Waals surface area contributed by atoms with Gasteiger partial charge in [-0.3, -0.25) is 9.59 Å². The van der Waals surface area contributed by atoms with Crippen molar-refractivity contribution in [3.8, 4) is 11.1 Å². The average Bonchev–Trinajstić information content (AvgIpc) is 3.39. The Labute approximate surface area is 212 Å². The molecule has 0 bridgehead atoms. The van der Waals surface area contributed by atoms with Gasteiger partial charge in [-0.1, -0.05) is 61.7 Å². The van der Waals surface area contributed by atoms with Crippen molar-refractivity contribution < 1.29 is 9.59 Å². The Morgan fingerprint density at radius 2 is 1.80 bits per heavy atom. The van der Waals surface area contributed by atoms with E-state index >= 15 is 0 Å². The summed E-state index contributed by atoms with van der Waals surface area (Å²) in [5, 5.41) is 9.03. The van der Waals surface area contributed by atoms with Crippen LogP contribution in [0.2, 0.25) is 0 Å². The van der Waals surface area contributed by atoms with Gasteiger partial charge in [-0.05, 0) is 56.7 Å². The van der Waals surface area contributed by atoms with Crippen LogP contribution in [0.25, 0.3) is 11.1 Å². The third kappa shape index (κ3) is 6.57. The molecule has 1 aromatic heterocycles. The quantitative estimate of drug-likeness (QED) is 0.319. The maximum absolute atomic E-state index is 13.0. The molecule has 0 radical (unpaired) electrons. The van der Waals surface area contributed by atoms with Crippen LogP contribution < -0.4 is 10.6 Å². The predicted molar refractivity (Wildman–Crippen MR) is 144 cm³/mol. The Kier molecular flexibility index (Phi) is 8.69. The standard InChI is InChI=1S/C29H35N3O2S/c1-3-4-8-17-30-27(33)22-12-14-23(15-13-22)29-32-26(19-35-29)28(34)31-25-16-11-20(2)18-24(25)21-9-6-5-7-10-21/h5-7,9-11,16,18-19,22-23H,3-4,8,12-15,17H2,1-2H3,(H,30,33)(H,31,34). The first-order chi connectivity index (χ1) is 17.0. The molecule has 2 amide bonds. The van der Waals surface area contributed by atoms with Crippen LogP contribution in [0.1, 0.15) is 78.8 Å². The number of aromatic nitrogens is 1. The van der Waals surface area contributed by atoms with E-state index in [9.17, 15) is 9.59 Å². The number of anilines is 1. The summed E-state index contributed by atoms with van der Waals surface area (Å²) in [4.78, 5) is 30.2. The summed E-state index contributed by atoms with van der Waals surface area (Å²) >= 11 is 1.55. The SMILES string of the molecule is CCCCCNC(=O)C1CCC(c2nc(C(=O)Nc3ccc(C)cc3-c3ccccc3)cs2)CC1. The number of hydrogen-bond acceptors (Lipinski definition) is 4. The molecule has 3 aromatic rings. The van der Waals surface area contributed by atoms with Crippen molar-refractivity contribution in [2.45, 2.75) is 64.7 Å². The summed E-state index contributed by atoms with van der Waals surface area (Å²) in [7, 11) is 0. The fourth-order valence-electron chi connectivity index (χ4n) is 4.72. The second kappa shape index (κ2) is 12.1. The summed E-state index contributed by atoms with van der Waals surface area (Å²) in [6.45, 7) is 5.00. The van der Waals surface area contributed by atoms with Crippen LogP contribution >= 0.6 is 11.3 Å². The Hall–Kier alpha value is -2.99. The van der Waals surface area contributed by atoms with Gasteiger partial charge in [-0.15, -0.1) is 11.3 Å². The number of aryl methyl sites for hydroxylation is 1. The maximum Gasteiger partial charge on any atom is 0.275 e. The molecule has 2 aromatic carbocycles. The summed E-state index contributed by atoms with van der Waals surface area (Å²) in [5.74, 6) is 0.443. The highest BCUT2D eigenvalue weighted by Gasteiger charge is 2.29. The minimum atomic E-state index is -0.186. The first kappa shape index (κ1) is 25.1. The second-order valence-electron chi connectivity index (χ2n) is 9.49. The molecule has 184 valence electrons. The smallest absolute Gasteiger partial charge is 0.275 e. The van der Waals surface area contributed by atoms with Crippen LogP contribution in [-0.4, -0.2) is 23.3 Å².